The molecule has 0 radical (unpaired) electrons. The number of likely N-dealkylation sites (N-methyl/N-ethyl adjacent to an activating group) is 1. The molecule has 19 heavy (non-hydrogen) atoms. The van der Waals surface area contributed by atoms with E-state index < -0.39 is 0 Å². The zero-order valence-electron chi connectivity index (χ0n) is 12.1. The quantitative estimate of drug-likeness (QED) is 0.905. The van der Waals surface area contributed by atoms with Crippen LogP contribution in [0.5, 0.6) is 11.5 Å². The van der Waals surface area contributed by atoms with Gasteiger partial charge in [-0.05, 0) is 38.6 Å². The molecule has 1 aromatic carbocycles. The van der Waals surface area contributed by atoms with Gasteiger partial charge < -0.3 is 19.5 Å². The van der Waals surface area contributed by atoms with Crippen molar-refractivity contribution in [3.8, 4) is 11.5 Å². The van der Waals surface area contributed by atoms with Crippen LogP contribution in [0.2, 0.25) is 0 Å². The average molecular weight is 265 g/mol. The lowest BCUT2D eigenvalue weighted by atomic mass is 9.84. The van der Waals surface area contributed by atoms with E-state index in [9.17, 15) is 5.11 Å². The summed E-state index contributed by atoms with van der Waals surface area (Å²) < 4.78 is 10.8. The lowest BCUT2D eigenvalue weighted by Gasteiger charge is -2.35. The maximum atomic E-state index is 10.3. The van der Waals surface area contributed by atoms with Gasteiger partial charge in [0.1, 0.15) is 11.5 Å². The summed E-state index contributed by atoms with van der Waals surface area (Å²) in [5, 5.41) is 10.3. The topological polar surface area (TPSA) is 41.9 Å². The molecule has 1 fully saturated rings. The highest BCUT2D eigenvalue weighted by atomic mass is 16.5. The Kier molecular flexibility index (Phi) is 4.32. The second kappa shape index (κ2) is 5.80. The minimum atomic E-state index is -0.347. The molecule has 0 spiro atoms. The number of piperidine rings is 1. The predicted molar refractivity (Wildman–Crippen MR) is 75.1 cm³/mol. The standard InChI is InChI=1S/C15H23NO3/c1-10-7-11(18-3)8-14(19-4)15(10)12-5-6-16(2)9-13(12)17/h7-8,12-13,17H,5-6,9H2,1-4H3. The minimum absolute atomic E-state index is 0.136. The van der Waals surface area contributed by atoms with Gasteiger partial charge in [-0.2, -0.15) is 0 Å². The molecular weight excluding hydrogens is 242 g/mol. The van der Waals surface area contributed by atoms with Crippen molar-refractivity contribution < 1.29 is 14.6 Å². The fourth-order valence-electron chi connectivity index (χ4n) is 2.92. The van der Waals surface area contributed by atoms with Crippen LogP contribution in [-0.2, 0) is 0 Å². The Morgan fingerprint density at radius 3 is 2.58 bits per heavy atom. The first-order chi connectivity index (χ1) is 9.06. The van der Waals surface area contributed by atoms with Crippen LogP contribution in [0.4, 0.5) is 0 Å². The van der Waals surface area contributed by atoms with Gasteiger partial charge in [-0.25, -0.2) is 0 Å². The highest BCUT2D eigenvalue weighted by Crippen LogP contribution is 2.38. The molecule has 106 valence electrons. The third-order valence-electron chi connectivity index (χ3n) is 3.93. The Balaban J connectivity index is 2.38. The molecule has 0 bridgehead atoms. The molecule has 2 atom stereocenters. The van der Waals surface area contributed by atoms with Crippen LogP contribution >= 0.6 is 0 Å². The Morgan fingerprint density at radius 1 is 1.26 bits per heavy atom. The van der Waals surface area contributed by atoms with Gasteiger partial charge in [0.05, 0.1) is 20.3 Å². The molecule has 0 saturated carbocycles. The SMILES string of the molecule is COc1cc(C)c(C2CCN(C)CC2O)c(OC)c1. The van der Waals surface area contributed by atoms with Gasteiger partial charge in [0.2, 0.25) is 0 Å². The highest BCUT2D eigenvalue weighted by molar-refractivity contribution is 5.48. The van der Waals surface area contributed by atoms with Crippen molar-refractivity contribution in [3.05, 3.63) is 23.3 Å². The van der Waals surface area contributed by atoms with Gasteiger partial charge in [0.25, 0.3) is 0 Å². The number of ether oxygens (including phenoxy) is 2. The Bertz CT molecular complexity index is 447. The van der Waals surface area contributed by atoms with E-state index in [0.29, 0.717) is 6.54 Å². The maximum Gasteiger partial charge on any atom is 0.126 e. The van der Waals surface area contributed by atoms with Gasteiger partial charge in [0, 0.05) is 24.1 Å². The van der Waals surface area contributed by atoms with Crippen molar-refractivity contribution in [1.29, 1.82) is 0 Å². The number of hydrogen-bond acceptors (Lipinski definition) is 4. The molecule has 1 N–H and O–H groups in total. The number of aliphatic hydroxyl groups excluding tert-OH is 1. The van der Waals surface area contributed by atoms with Crippen molar-refractivity contribution in [2.45, 2.75) is 25.4 Å². The molecule has 0 amide bonds. The summed E-state index contributed by atoms with van der Waals surface area (Å²) in [6.45, 7) is 3.75. The monoisotopic (exact) mass is 265 g/mol. The molecule has 2 unspecified atom stereocenters. The minimum Gasteiger partial charge on any atom is -0.497 e. The zero-order valence-corrected chi connectivity index (χ0v) is 12.1. The van der Waals surface area contributed by atoms with E-state index in [2.05, 4.69) is 4.90 Å². The molecule has 1 heterocycles. The van der Waals surface area contributed by atoms with Crippen LogP contribution in [-0.4, -0.2) is 50.5 Å². The maximum absolute atomic E-state index is 10.3. The fraction of sp³-hybridized carbons (Fsp3) is 0.600. The van der Waals surface area contributed by atoms with Gasteiger partial charge >= 0.3 is 0 Å². The normalized spacial score (nSPS) is 24.3. The summed E-state index contributed by atoms with van der Waals surface area (Å²) in [4.78, 5) is 2.16. The van der Waals surface area contributed by atoms with Crippen molar-refractivity contribution in [1.82, 2.24) is 4.90 Å². The summed E-state index contributed by atoms with van der Waals surface area (Å²) in [6, 6.07) is 3.90. The number of β-amino-alcohol motifs (C(OH)–C–C–N with tert-alkyl or cyclic N) is 1. The fourth-order valence-corrected chi connectivity index (χ4v) is 2.92. The average Bonchev–Trinajstić information content (AvgIpc) is 2.39. The molecule has 4 nitrogen and oxygen atoms in total. The van der Waals surface area contributed by atoms with E-state index in [0.717, 1.165) is 35.6 Å². The molecule has 1 saturated heterocycles. The molecule has 1 aromatic rings. The molecule has 0 aromatic heterocycles. The number of hydrogen-bond donors (Lipinski definition) is 1. The number of aliphatic hydroxyl groups is 1. The van der Waals surface area contributed by atoms with Crippen molar-refractivity contribution in [2.24, 2.45) is 0 Å². The zero-order chi connectivity index (χ0) is 14.0. The van der Waals surface area contributed by atoms with Crippen LogP contribution in [0.1, 0.15) is 23.5 Å². The first-order valence-corrected chi connectivity index (χ1v) is 6.66. The van der Waals surface area contributed by atoms with Gasteiger partial charge in [-0.3, -0.25) is 0 Å². The van der Waals surface area contributed by atoms with E-state index in [1.165, 1.54) is 0 Å². The summed E-state index contributed by atoms with van der Waals surface area (Å²) >= 11 is 0. The van der Waals surface area contributed by atoms with Gasteiger partial charge in [0.15, 0.2) is 0 Å². The van der Waals surface area contributed by atoms with Crippen molar-refractivity contribution in [2.75, 3.05) is 34.4 Å². The smallest absolute Gasteiger partial charge is 0.126 e. The van der Waals surface area contributed by atoms with Crippen LogP contribution in [0.25, 0.3) is 0 Å². The van der Waals surface area contributed by atoms with Gasteiger partial charge in [-0.15, -0.1) is 0 Å². The second-order valence-electron chi connectivity index (χ2n) is 5.28. The van der Waals surface area contributed by atoms with E-state index in [1.54, 1.807) is 14.2 Å². The Labute approximate surface area is 114 Å². The highest BCUT2D eigenvalue weighted by Gasteiger charge is 2.30. The number of nitrogens with zero attached hydrogens (tertiary/aromatic N) is 1. The molecular formula is C15H23NO3. The number of aryl methyl sites for hydroxylation is 1. The largest absolute Gasteiger partial charge is 0.497 e. The Hall–Kier alpha value is -1.26. The second-order valence-corrected chi connectivity index (χ2v) is 5.28. The number of likely N-dealkylation sites (tertiary alicyclic amines) is 1. The molecule has 1 aliphatic heterocycles. The summed E-state index contributed by atoms with van der Waals surface area (Å²) in [5.41, 5.74) is 2.23. The summed E-state index contributed by atoms with van der Waals surface area (Å²) in [5.74, 6) is 1.74. The molecule has 4 heteroatoms. The molecule has 0 aliphatic carbocycles. The van der Waals surface area contributed by atoms with E-state index >= 15 is 0 Å². The molecule has 1 aliphatic rings. The van der Waals surface area contributed by atoms with Crippen molar-refractivity contribution >= 4 is 0 Å². The van der Waals surface area contributed by atoms with E-state index in [4.69, 9.17) is 9.47 Å². The first kappa shape index (κ1) is 14.2. The first-order valence-electron chi connectivity index (χ1n) is 6.66. The summed E-state index contributed by atoms with van der Waals surface area (Å²) in [6.07, 6.45) is 0.598. The predicted octanol–water partition coefficient (Wildman–Crippen LogP) is 1.79. The van der Waals surface area contributed by atoms with Crippen LogP contribution in [0.15, 0.2) is 12.1 Å². The lowest BCUT2D eigenvalue weighted by Crippen LogP contribution is -2.40. The third kappa shape index (κ3) is 2.85. The Morgan fingerprint density at radius 2 is 2.00 bits per heavy atom. The summed E-state index contributed by atoms with van der Waals surface area (Å²) in [7, 11) is 5.36. The molecule has 2 rings (SSSR count). The van der Waals surface area contributed by atoms with Crippen LogP contribution in [0, 0.1) is 6.92 Å². The van der Waals surface area contributed by atoms with Crippen LogP contribution in [0.3, 0.4) is 0 Å². The van der Waals surface area contributed by atoms with Crippen LogP contribution < -0.4 is 9.47 Å². The van der Waals surface area contributed by atoms with Gasteiger partial charge in [-0.1, -0.05) is 0 Å². The van der Waals surface area contributed by atoms with E-state index in [-0.39, 0.29) is 12.0 Å². The van der Waals surface area contributed by atoms with E-state index in [1.807, 2.05) is 26.1 Å². The number of methoxy groups -OCH3 is 2. The number of benzene rings is 1. The number of rotatable bonds is 3. The lowest BCUT2D eigenvalue weighted by molar-refractivity contribution is 0.0627. The van der Waals surface area contributed by atoms with Crippen molar-refractivity contribution in [3.63, 3.8) is 0 Å². The third-order valence-corrected chi connectivity index (χ3v) is 3.93.